The van der Waals surface area contributed by atoms with Crippen molar-refractivity contribution in [1.29, 1.82) is 0 Å². The quantitative estimate of drug-likeness (QED) is 0.730. The summed E-state index contributed by atoms with van der Waals surface area (Å²) in [5.41, 5.74) is 6.54. The summed E-state index contributed by atoms with van der Waals surface area (Å²) in [4.78, 5) is 0. The lowest BCUT2D eigenvalue weighted by atomic mass is 10.3. The van der Waals surface area contributed by atoms with Crippen LogP contribution in [0.4, 0.5) is 5.82 Å². The number of hydrogen-bond donors (Lipinski definition) is 2. The van der Waals surface area contributed by atoms with Crippen molar-refractivity contribution in [3.8, 4) is 0 Å². The first-order chi connectivity index (χ1) is 6.83. The Balaban J connectivity index is 2.45. The van der Waals surface area contributed by atoms with Gasteiger partial charge in [0, 0.05) is 13.0 Å². The molecule has 0 saturated carbocycles. The Morgan fingerprint density at radius 1 is 1.36 bits per heavy atom. The van der Waals surface area contributed by atoms with Gasteiger partial charge >= 0.3 is 0 Å². The molecule has 3 N–H and O–H groups in total. The van der Waals surface area contributed by atoms with Crippen LogP contribution in [0.3, 0.4) is 0 Å². The minimum atomic E-state index is 0.154. The molecule has 14 heavy (non-hydrogen) atoms. The van der Waals surface area contributed by atoms with E-state index in [0.717, 1.165) is 11.5 Å². The van der Waals surface area contributed by atoms with E-state index in [0.29, 0.717) is 18.7 Å². The van der Waals surface area contributed by atoms with Crippen LogP contribution in [0.1, 0.15) is 12.2 Å². The van der Waals surface area contributed by atoms with Crippen LogP contribution in [0, 0.1) is 0 Å². The summed E-state index contributed by atoms with van der Waals surface area (Å²) in [5, 5.41) is 16.7. The van der Waals surface area contributed by atoms with Gasteiger partial charge in [0.1, 0.15) is 11.6 Å². The van der Waals surface area contributed by atoms with Crippen LogP contribution in [-0.2, 0) is 6.42 Å². The Kier molecular flexibility index (Phi) is 2.32. The van der Waals surface area contributed by atoms with E-state index in [1.54, 1.807) is 10.5 Å². The second-order valence-corrected chi connectivity index (χ2v) is 3.09. The van der Waals surface area contributed by atoms with Crippen molar-refractivity contribution >= 4 is 11.5 Å². The number of nitrogens with zero attached hydrogens (tertiary/aromatic N) is 3. The van der Waals surface area contributed by atoms with Gasteiger partial charge in [-0.05, 0) is 18.6 Å². The van der Waals surface area contributed by atoms with Crippen LogP contribution in [0.15, 0.2) is 18.2 Å². The van der Waals surface area contributed by atoms with E-state index in [1.165, 1.54) is 0 Å². The predicted molar refractivity (Wildman–Crippen MR) is 52.8 cm³/mol. The summed E-state index contributed by atoms with van der Waals surface area (Å²) < 4.78 is 1.80. The monoisotopic (exact) mass is 192 g/mol. The second-order valence-electron chi connectivity index (χ2n) is 3.09. The standard InChI is InChI=1S/C9H12N4O/c10-7-3-1-4-8-11-12-9(13(7)8)5-2-6-14/h1,3-4,14H,2,5-6,10H2. The SMILES string of the molecule is Nc1cccc2nnc(CCCO)n12. The van der Waals surface area contributed by atoms with Crippen LogP contribution >= 0.6 is 0 Å². The Hall–Kier alpha value is -1.62. The Labute approximate surface area is 81.2 Å². The van der Waals surface area contributed by atoms with Gasteiger partial charge in [0.05, 0.1) is 0 Å². The zero-order valence-corrected chi connectivity index (χ0v) is 7.72. The van der Waals surface area contributed by atoms with E-state index in [-0.39, 0.29) is 6.61 Å². The number of hydrogen-bond acceptors (Lipinski definition) is 4. The molecule has 0 radical (unpaired) electrons. The van der Waals surface area contributed by atoms with E-state index >= 15 is 0 Å². The molecule has 0 spiro atoms. The summed E-state index contributed by atoms with van der Waals surface area (Å²) in [5.74, 6) is 1.42. The number of pyridine rings is 1. The lowest BCUT2D eigenvalue weighted by Gasteiger charge is -2.01. The Morgan fingerprint density at radius 2 is 2.21 bits per heavy atom. The van der Waals surface area contributed by atoms with Gasteiger partial charge in [0.15, 0.2) is 5.65 Å². The smallest absolute Gasteiger partial charge is 0.162 e. The average molecular weight is 192 g/mol. The summed E-state index contributed by atoms with van der Waals surface area (Å²) in [7, 11) is 0. The van der Waals surface area contributed by atoms with Gasteiger partial charge in [-0.25, -0.2) is 0 Å². The lowest BCUT2D eigenvalue weighted by Crippen LogP contribution is -2.02. The highest BCUT2D eigenvalue weighted by Gasteiger charge is 2.06. The fourth-order valence-electron chi connectivity index (χ4n) is 1.43. The van der Waals surface area contributed by atoms with Crippen molar-refractivity contribution in [1.82, 2.24) is 14.6 Å². The van der Waals surface area contributed by atoms with Gasteiger partial charge in [0.25, 0.3) is 0 Å². The first-order valence-electron chi connectivity index (χ1n) is 4.52. The predicted octanol–water partition coefficient (Wildman–Crippen LogP) is 0.236. The number of aliphatic hydroxyl groups excluding tert-OH is 1. The molecular weight excluding hydrogens is 180 g/mol. The molecule has 0 atom stereocenters. The highest BCUT2D eigenvalue weighted by Crippen LogP contribution is 2.10. The number of nitrogen functional groups attached to an aromatic ring is 1. The molecule has 2 heterocycles. The molecule has 0 bridgehead atoms. The molecule has 0 unspecified atom stereocenters. The molecule has 5 heteroatoms. The molecule has 0 fully saturated rings. The molecule has 0 aliphatic carbocycles. The summed E-state index contributed by atoms with van der Waals surface area (Å²) in [6, 6.07) is 5.50. The van der Waals surface area contributed by atoms with E-state index in [9.17, 15) is 0 Å². The molecular formula is C9H12N4O. The van der Waals surface area contributed by atoms with Crippen molar-refractivity contribution in [2.45, 2.75) is 12.8 Å². The third kappa shape index (κ3) is 1.42. The second kappa shape index (κ2) is 3.63. The maximum absolute atomic E-state index is 8.72. The van der Waals surface area contributed by atoms with Gasteiger partial charge in [-0.15, -0.1) is 10.2 Å². The fraction of sp³-hybridized carbons (Fsp3) is 0.333. The molecule has 0 amide bonds. The maximum Gasteiger partial charge on any atom is 0.162 e. The van der Waals surface area contributed by atoms with Crippen LogP contribution in [-0.4, -0.2) is 26.3 Å². The Morgan fingerprint density at radius 3 is 3.00 bits per heavy atom. The third-order valence-corrected chi connectivity index (χ3v) is 2.08. The van der Waals surface area contributed by atoms with E-state index < -0.39 is 0 Å². The molecule has 2 aromatic heterocycles. The highest BCUT2D eigenvalue weighted by atomic mass is 16.2. The van der Waals surface area contributed by atoms with Gasteiger partial charge in [-0.1, -0.05) is 6.07 Å². The van der Waals surface area contributed by atoms with Crippen LogP contribution < -0.4 is 5.73 Å². The summed E-state index contributed by atoms with van der Waals surface area (Å²) >= 11 is 0. The third-order valence-electron chi connectivity index (χ3n) is 2.08. The zero-order chi connectivity index (χ0) is 9.97. The number of nitrogens with two attached hydrogens (primary N) is 1. The summed E-state index contributed by atoms with van der Waals surface area (Å²) in [6.07, 6.45) is 1.36. The van der Waals surface area contributed by atoms with Gasteiger partial charge < -0.3 is 10.8 Å². The minimum Gasteiger partial charge on any atom is -0.396 e. The van der Waals surface area contributed by atoms with Crippen LogP contribution in [0.2, 0.25) is 0 Å². The number of aliphatic hydroxyl groups is 1. The first kappa shape index (κ1) is 8.96. The molecule has 0 aliphatic rings. The van der Waals surface area contributed by atoms with Crippen LogP contribution in [0.25, 0.3) is 5.65 Å². The molecule has 74 valence electrons. The van der Waals surface area contributed by atoms with E-state index in [1.807, 2.05) is 12.1 Å². The van der Waals surface area contributed by atoms with Crippen molar-refractivity contribution in [3.05, 3.63) is 24.0 Å². The largest absolute Gasteiger partial charge is 0.396 e. The molecule has 0 aromatic carbocycles. The molecule has 0 saturated heterocycles. The van der Waals surface area contributed by atoms with Crippen LogP contribution in [0.5, 0.6) is 0 Å². The highest BCUT2D eigenvalue weighted by molar-refractivity contribution is 5.47. The minimum absolute atomic E-state index is 0.154. The van der Waals surface area contributed by atoms with Crippen molar-refractivity contribution in [2.75, 3.05) is 12.3 Å². The van der Waals surface area contributed by atoms with E-state index in [2.05, 4.69) is 10.2 Å². The Bertz CT molecular complexity index is 437. The fourth-order valence-corrected chi connectivity index (χ4v) is 1.43. The first-order valence-corrected chi connectivity index (χ1v) is 4.52. The zero-order valence-electron chi connectivity index (χ0n) is 7.72. The van der Waals surface area contributed by atoms with Crippen molar-refractivity contribution < 1.29 is 5.11 Å². The number of fused-ring (bicyclic) bond motifs is 1. The molecule has 2 rings (SSSR count). The average Bonchev–Trinajstić information content (AvgIpc) is 2.59. The van der Waals surface area contributed by atoms with Gasteiger partial charge in [-0.3, -0.25) is 4.40 Å². The van der Waals surface area contributed by atoms with Gasteiger partial charge in [0.2, 0.25) is 0 Å². The van der Waals surface area contributed by atoms with Crippen molar-refractivity contribution in [3.63, 3.8) is 0 Å². The van der Waals surface area contributed by atoms with Gasteiger partial charge in [-0.2, -0.15) is 0 Å². The molecule has 5 nitrogen and oxygen atoms in total. The number of aryl methyl sites for hydroxylation is 1. The number of aromatic nitrogens is 3. The normalized spacial score (nSPS) is 10.9. The van der Waals surface area contributed by atoms with E-state index in [4.69, 9.17) is 10.8 Å². The van der Waals surface area contributed by atoms with Crippen molar-refractivity contribution in [2.24, 2.45) is 0 Å². The summed E-state index contributed by atoms with van der Waals surface area (Å²) in [6.45, 7) is 0.154. The maximum atomic E-state index is 8.72. The molecule has 2 aromatic rings. The topological polar surface area (TPSA) is 76.4 Å². The number of rotatable bonds is 3. The number of anilines is 1. The lowest BCUT2D eigenvalue weighted by molar-refractivity contribution is 0.287. The molecule has 0 aliphatic heterocycles.